The molecule has 4 N–H and O–H groups in total. The Hall–Kier alpha value is -3.66. The summed E-state index contributed by atoms with van der Waals surface area (Å²) in [5.74, 6) is -1.09. The second-order valence-electron chi connectivity index (χ2n) is 8.39. The number of carbonyl (C=O) groups is 3. The fourth-order valence-corrected chi connectivity index (χ4v) is 4.48. The lowest BCUT2D eigenvalue weighted by Crippen LogP contribution is -2.63. The van der Waals surface area contributed by atoms with E-state index >= 15 is 0 Å². The van der Waals surface area contributed by atoms with Crippen molar-refractivity contribution in [3.8, 4) is 5.69 Å². The first-order valence-electron chi connectivity index (χ1n) is 11.0. The van der Waals surface area contributed by atoms with E-state index in [0.29, 0.717) is 43.6 Å². The lowest BCUT2D eigenvalue weighted by Gasteiger charge is -2.41. The molecule has 2 aliphatic heterocycles. The normalized spacial score (nSPS) is 22.8. The van der Waals surface area contributed by atoms with Gasteiger partial charge in [-0.3, -0.25) is 19.0 Å². The molecule has 0 spiro atoms. The van der Waals surface area contributed by atoms with Gasteiger partial charge < -0.3 is 26.0 Å². The number of nitrogens with zero attached hydrogens (tertiary/aromatic N) is 3. The number of urea groups is 1. The van der Waals surface area contributed by atoms with Crippen LogP contribution in [-0.2, 0) is 4.79 Å². The number of carbonyl (C=O) groups excluding carboxylic acids is 3. The van der Waals surface area contributed by atoms with Gasteiger partial charge in [0.1, 0.15) is 6.04 Å². The molecule has 4 rings (SSSR count). The van der Waals surface area contributed by atoms with Gasteiger partial charge in [0, 0.05) is 43.1 Å². The molecular formula is C23H27N5O5. The number of piperidine rings is 1. The van der Waals surface area contributed by atoms with Crippen LogP contribution >= 0.6 is 0 Å². The number of pyridine rings is 1. The summed E-state index contributed by atoms with van der Waals surface area (Å²) in [6.07, 6.45) is 2.67. The molecule has 2 fully saturated rings. The number of nitrogens with one attached hydrogen (secondary N) is 1. The second-order valence-corrected chi connectivity index (χ2v) is 8.39. The summed E-state index contributed by atoms with van der Waals surface area (Å²) in [5, 5.41) is 12.6. The van der Waals surface area contributed by atoms with Crippen molar-refractivity contribution in [1.82, 2.24) is 19.7 Å². The number of amides is 4. The number of hydrogen-bond acceptors (Lipinski definition) is 5. The van der Waals surface area contributed by atoms with E-state index in [2.05, 4.69) is 5.32 Å². The van der Waals surface area contributed by atoms with Gasteiger partial charge in [-0.1, -0.05) is 6.07 Å². The summed E-state index contributed by atoms with van der Waals surface area (Å²) in [6, 6.07) is 9.41. The van der Waals surface area contributed by atoms with E-state index < -0.39 is 30.0 Å². The van der Waals surface area contributed by atoms with Gasteiger partial charge in [-0.2, -0.15) is 0 Å². The van der Waals surface area contributed by atoms with Crippen molar-refractivity contribution in [3.63, 3.8) is 0 Å². The van der Waals surface area contributed by atoms with Gasteiger partial charge in [0.25, 0.3) is 11.5 Å². The number of benzene rings is 1. The zero-order valence-electron chi connectivity index (χ0n) is 18.1. The summed E-state index contributed by atoms with van der Waals surface area (Å²) < 4.78 is 1.46. The smallest absolute Gasteiger partial charge is 0.320 e. The van der Waals surface area contributed by atoms with E-state index in [1.165, 1.54) is 20.4 Å². The summed E-state index contributed by atoms with van der Waals surface area (Å²) in [4.78, 5) is 53.0. The Labute approximate surface area is 190 Å². The number of aliphatic hydroxyl groups is 1. The van der Waals surface area contributed by atoms with Crippen molar-refractivity contribution in [2.75, 3.05) is 19.6 Å². The van der Waals surface area contributed by atoms with Gasteiger partial charge in [-0.25, -0.2) is 4.79 Å². The van der Waals surface area contributed by atoms with Crippen LogP contribution in [-0.4, -0.2) is 75.1 Å². The van der Waals surface area contributed by atoms with Crippen LogP contribution in [0.1, 0.15) is 29.6 Å². The number of likely N-dealkylation sites (tertiary alicyclic amines) is 2. The molecule has 1 aromatic carbocycles. The van der Waals surface area contributed by atoms with E-state index in [4.69, 9.17) is 5.73 Å². The molecule has 3 unspecified atom stereocenters. The van der Waals surface area contributed by atoms with E-state index in [1.807, 2.05) is 0 Å². The Morgan fingerprint density at radius 1 is 1.03 bits per heavy atom. The number of β-amino-alcohol motifs (C(OH)–C–C–N with tert-alkyl or cyclic N) is 1. The van der Waals surface area contributed by atoms with Crippen molar-refractivity contribution in [2.24, 2.45) is 5.73 Å². The number of aliphatic hydroxyl groups excluding tert-OH is 1. The zero-order valence-corrected chi connectivity index (χ0v) is 18.1. The minimum absolute atomic E-state index is 0.184. The molecule has 174 valence electrons. The first-order valence-corrected chi connectivity index (χ1v) is 11.0. The van der Waals surface area contributed by atoms with Crippen LogP contribution in [0.5, 0.6) is 0 Å². The Kier molecular flexibility index (Phi) is 6.45. The highest BCUT2D eigenvalue weighted by Gasteiger charge is 2.41. The van der Waals surface area contributed by atoms with E-state index in [0.717, 1.165) is 0 Å². The largest absolute Gasteiger partial charge is 0.391 e. The van der Waals surface area contributed by atoms with Crippen LogP contribution in [0, 0.1) is 0 Å². The first-order chi connectivity index (χ1) is 15.8. The van der Waals surface area contributed by atoms with Crippen LogP contribution < -0.4 is 16.6 Å². The maximum Gasteiger partial charge on any atom is 0.320 e. The van der Waals surface area contributed by atoms with Crippen molar-refractivity contribution >= 4 is 17.8 Å². The molecule has 0 radical (unpaired) electrons. The second kappa shape index (κ2) is 9.45. The molecule has 2 aromatic rings. The van der Waals surface area contributed by atoms with Gasteiger partial charge in [0.15, 0.2) is 0 Å². The van der Waals surface area contributed by atoms with Crippen LogP contribution in [0.4, 0.5) is 4.79 Å². The molecule has 0 saturated carbocycles. The van der Waals surface area contributed by atoms with Gasteiger partial charge >= 0.3 is 6.03 Å². The van der Waals surface area contributed by atoms with Gasteiger partial charge in [0.2, 0.25) is 5.91 Å². The van der Waals surface area contributed by atoms with Gasteiger partial charge in [-0.05, 0) is 49.6 Å². The molecule has 0 bridgehead atoms. The predicted octanol–water partition coefficient (Wildman–Crippen LogP) is 0.0722. The van der Waals surface area contributed by atoms with Crippen molar-refractivity contribution in [3.05, 3.63) is 64.6 Å². The highest BCUT2D eigenvalue weighted by Crippen LogP contribution is 2.22. The topological polar surface area (TPSA) is 138 Å². The standard InChI is InChI=1S/C23H27N5O5/c24-21(31)20-18(4-3-12-28(20)23(33)26-13-10-17(29)14-26)25-22(32)15-6-8-16(9-7-15)27-11-2-1-5-19(27)30/h1-2,5-9,11,17-18,20,29H,3-4,10,12-14H2,(H2,24,31)(H,25,32). The zero-order chi connectivity index (χ0) is 23.5. The average Bonchev–Trinajstić information content (AvgIpc) is 3.25. The predicted molar refractivity (Wildman–Crippen MR) is 120 cm³/mol. The maximum atomic E-state index is 13.0. The highest BCUT2D eigenvalue weighted by atomic mass is 16.3. The summed E-state index contributed by atoms with van der Waals surface area (Å²) >= 11 is 0. The number of rotatable bonds is 4. The third-order valence-electron chi connectivity index (χ3n) is 6.15. The van der Waals surface area contributed by atoms with Crippen LogP contribution in [0.2, 0.25) is 0 Å². The highest BCUT2D eigenvalue weighted by molar-refractivity contribution is 5.95. The molecular weight excluding hydrogens is 426 g/mol. The van der Waals surface area contributed by atoms with Crippen LogP contribution in [0.3, 0.4) is 0 Å². The minimum atomic E-state index is -0.977. The van der Waals surface area contributed by atoms with Crippen molar-refractivity contribution < 1.29 is 19.5 Å². The Morgan fingerprint density at radius 2 is 1.79 bits per heavy atom. The SMILES string of the molecule is NC(=O)C1C(NC(=O)c2ccc(-n3ccccc3=O)cc2)CCCN1C(=O)N1CCC(O)C1. The number of aromatic nitrogens is 1. The number of primary amides is 1. The molecule has 3 atom stereocenters. The monoisotopic (exact) mass is 453 g/mol. The fraction of sp³-hybridized carbons (Fsp3) is 0.391. The summed E-state index contributed by atoms with van der Waals surface area (Å²) in [5.41, 5.74) is 6.43. The molecule has 10 nitrogen and oxygen atoms in total. The molecule has 2 saturated heterocycles. The minimum Gasteiger partial charge on any atom is -0.391 e. The average molecular weight is 453 g/mol. The van der Waals surface area contributed by atoms with Crippen molar-refractivity contribution in [1.29, 1.82) is 0 Å². The van der Waals surface area contributed by atoms with Crippen molar-refractivity contribution in [2.45, 2.75) is 37.5 Å². The molecule has 4 amide bonds. The Bertz CT molecular complexity index is 1100. The molecule has 0 aliphatic carbocycles. The molecule has 2 aliphatic rings. The number of nitrogens with two attached hydrogens (primary N) is 1. The van der Waals surface area contributed by atoms with Gasteiger partial charge in [0.05, 0.1) is 12.1 Å². The summed E-state index contributed by atoms with van der Waals surface area (Å²) in [6.45, 7) is 0.983. The number of hydrogen-bond donors (Lipinski definition) is 3. The van der Waals surface area contributed by atoms with Crippen LogP contribution in [0.25, 0.3) is 5.69 Å². The Balaban J connectivity index is 1.48. The van der Waals surface area contributed by atoms with E-state index in [9.17, 15) is 24.3 Å². The van der Waals surface area contributed by atoms with E-state index in [1.54, 1.807) is 42.6 Å². The molecule has 33 heavy (non-hydrogen) atoms. The third kappa shape index (κ3) is 4.75. The third-order valence-corrected chi connectivity index (χ3v) is 6.15. The molecule has 3 heterocycles. The molecule has 1 aromatic heterocycles. The quantitative estimate of drug-likeness (QED) is 0.602. The van der Waals surface area contributed by atoms with E-state index in [-0.39, 0.29) is 18.1 Å². The maximum absolute atomic E-state index is 13.0. The lowest BCUT2D eigenvalue weighted by molar-refractivity contribution is -0.124. The fourth-order valence-electron chi connectivity index (χ4n) is 4.48. The Morgan fingerprint density at radius 3 is 2.42 bits per heavy atom. The van der Waals surface area contributed by atoms with Gasteiger partial charge in [-0.15, -0.1) is 0 Å². The molecule has 10 heteroatoms. The van der Waals surface area contributed by atoms with Crippen LogP contribution in [0.15, 0.2) is 53.5 Å². The lowest BCUT2D eigenvalue weighted by atomic mass is 9.95. The first kappa shape index (κ1) is 22.5. The summed E-state index contributed by atoms with van der Waals surface area (Å²) in [7, 11) is 0.